The Balaban J connectivity index is 1.72. The minimum atomic E-state index is -3.55. The number of hydrogen-bond acceptors (Lipinski definition) is 5. The molecule has 2 aromatic rings. The van der Waals surface area contributed by atoms with E-state index in [2.05, 4.69) is 23.9 Å². The molecule has 6 heteroatoms. The summed E-state index contributed by atoms with van der Waals surface area (Å²) in [5.74, 6) is 1.04. The van der Waals surface area contributed by atoms with E-state index >= 15 is 0 Å². The Bertz CT molecular complexity index is 940. The first-order chi connectivity index (χ1) is 12.9. The fraction of sp³-hybridized carbons (Fsp3) is 0.429. The van der Waals surface area contributed by atoms with Crippen molar-refractivity contribution < 1.29 is 13.2 Å². The van der Waals surface area contributed by atoms with E-state index in [4.69, 9.17) is 4.74 Å². The number of sulfone groups is 1. The molecule has 0 spiro atoms. The van der Waals surface area contributed by atoms with Crippen molar-refractivity contribution in [1.29, 1.82) is 0 Å². The van der Waals surface area contributed by atoms with E-state index in [1.807, 2.05) is 12.1 Å². The molecule has 0 N–H and O–H groups in total. The molecule has 0 saturated carbocycles. The van der Waals surface area contributed by atoms with Crippen LogP contribution in [0.15, 0.2) is 52.3 Å². The van der Waals surface area contributed by atoms with Crippen LogP contribution in [-0.2, 0) is 9.84 Å². The number of benzene rings is 2. The zero-order chi connectivity index (χ0) is 19.2. The average molecular weight is 387 g/mol. The van der Waals surface area contributed by atoms with E-state index in [0.717, 1.165) is 25.9 Å². The van der Waals surface area contributed by atoms with E-state index in [0.29, 0.717) is 27.5 Å². The monoisotopic (exact) mass is 386 g/mol. The Labute approximate surface area is 161 Å². The van der Waals surface area contributed by atoms with Gasteiger partial charge in [-0.3, -0.25) is 0 Å². The molecule has 2 heterocycles. The molecule has 2 aromatic carbocycles. The van der Waals surface area contributed by atoms with Gasteiger partial charge < -0.3 is 14.5 Å². The van der Waals surface area contributed by atoms with Crippen molar-refractivity contribution in [2.75, 3.05) is 39.2 Å². The number of methoxy groups -OCH3 is 1. The summed E-state index contributed by atoms with van der Waals surface area (Å²) in [6.45, 7) is 2.13. The highest BCUT2D eigenvalue weighted by molar-refractivity contribution is 7.91. The molecule has 1 fully saturated rings. The molecule has 1 saturated heterocycles. The summed E-state index contributed by atoms with van der Waals surface area (Å²) in [6.07, 6.45) is 2.16. The largest absolute Gasteiger partial charge is 0.497 e. The molecular weight excluding hydrogens is 360 g/mol. The molecule has 0 radical (unpaired) electrons. The molecule has 0 amide bonds. The third-order valence-corrected chi connectivity index (χ3v) is 7.82. The Morgan fingerprint density at radius 3 is 2.33 bits per heavy atom. The van der Waals surface area contributed by atoms with Crippen molar-refractivity contribution >= 4 is 15.5 Å². The van der Waals surface area contributed by atoms with Crippen LogP contribution in [0.3, 0.4) is 0 Å². The lowest BCUT2D eigenvalue weighted by Crippen LogP contribution is -2.31. The van der Waals surface area contributed by atoms with E-state index in [-0.39, 0.29) is 0 Å². The number of fused-ring (bicyclic) bond motifs is 3. The smallest absolute Gasteiger partial charge is 0.206 e. The van der Waals surface area contributed by atoms with Gasteiger partial charge in [0.25, 0.3) is 0 Å². The predicted molar refractivity (Wildman–Crippen MR) is 107 cm³/mol. The van der Waals surface area contributed by atoms with Crippen molar-refractivity contribution in [1.82, 2.24) is 4.90 Å². The second kappa shape index (κ2) is 6.84. The number of likely N-dealkylation sites (tertiary alicyclic amines) is 1. The van der Waals surface area contributed by atoms with Gasteiger partial charge in [0, 0.05) is 24.7 Å². The Morgan fingerprint density at radius 1 is 0.963 bits per heavy atom. The maximum atomic E-state index is 13.1. The molecule has 0 unspecified atom stereocenters. The molecule has 2 atom stereocenters. The van der Waals surface area contributed by atoms with Gasteiger partial charge in [-0.15, -0.1) is 0 Å². The Hall–Kier alpha value is -2.05. The molecular formula is C21H26N2O3S. The van der Waals surface area contributed by atoms with Gasteiger partial charge in [-0.1, -0.05) is 0 Å². The summed E-state index contributed by atoms with van der Waals surface area (Å²) in [5, 5.41) is 0. The average Bonchev–Trinajstić information content (AvgIpc) is 2.81. The zero-order valence-electron chi connectivity index (χ0n) is 16.1. The van der Waals surface area contributed by atoms with Crippen LogP contribution in [0.5, 0.6) is 5.75 Å². The van der Waals surface area contributed by atoms with E-state index < -0.39 is 9.84 Å². The van der Waals surface area contributed by atoms with Gasteiger partial charge in [-0.05, 0) is 81.0 Å². The first-order valence-electron chi connectivity index (χ1n) is 9.36. The number of anilines is 1. The molecule has 144 valence electrons. The van der Waals surface area contributed by atoms with Gasteiger partial charge in [0.1, 0.15) is 5.75 Å². The van der Waals surface area contributed by atoms with Crippen LogP contribution in [-0.4, -0.2) is 53.7 Å². The first-order valence-corrected chi connectivity index (χ1v) is 10.8. The second-order valence-electron chi connectivity index (χ2n) is 7.56. The first kappa shape index (κ1) is 18.3. The van der Waals surface area contributed by atoms with Crippen LogP contribution in [0.1, 0.15) is 24.3 Å². The quantitative estimate of drug-likeness (QED) is 0.811. The van der Waals surface area contributed by atoms with Crippen molar-refractivity contribution in [3.05, 3.63) is 48.0 Å². The molecule has 5 nitrogen and oxygen atoms in total. The van der Waals surface area contributed by atoms with Crippen molar-refractivity contribution in [2.24, 2.45) is 0 Å². The minimum absolute atomic E-state index is 0.298. The summed E-state index contributed by atoms with van der Waals surface area (Å²) in [5.41, 5.74) is 2.34. The lowest BCUT2D eigenvalue weighted by Gasteiger charge is -2.25. The van der Waals surface area contributed by atoms with Crippen LogP contribution in [0.25, 0.3) is 0 Å². The molecule has 0 bridgehead atoms. The number of likely N-dealkylation sites (N-methyl/N-ethyl adjacent to an activating group) is 1. The molecule has 4 rings (SSSR count). The normalized spacial score (nSPS) is 22.9. The highest BCUT2D eigenvalue weighted by atomic mass is 32.2. The maximum Gasteiger partial charge on any atom is 0.206 e. The third kappa shape index (κ3) is 3.11. The highest BCUT2D eigenvalue weighted by Crippen LogP contribution is 2.45. The second-order valence-corrected chi connectivity index (χ2v) is 9.51. The van der Waals surface area contributed by atoms with Crippen LogP contribution < -0.4 is 9.64 Å². The van der Waals surface area contributed by atoms with Crippen LogP contribution in [0.2, 0.25) is 0 Å². The summed E-state index contributed by atoms with van der Waals surface area (Å²) in [6, 6.07) is 12.7. The lowest BCUT2D eigenvalue weighted by atomic mass is 9.91. The summed E-state index contributed by atoms with van der Waals surface area (Å²) < 4.78 is 31.4. The van der Waals surface area contributed by atoms with Gasteiger partial charge in [0.2, 0.25) is 9.84 Å². The van der Waals surface area contributed by atoms with E-state index in [1.54, 1.807) is 37.4 Å². The fourth-order valence-corrected chi connectivity index (χ4v) is 5.73. The number of hydrogen-bond donors (Lipinski definition) is 0. The molecule has 0 aliphatic carbocycles. The van der Waals surface area contributed by atoms with Crippen LogP contribution in [0, 0.1) is 0 Å². The molecule has 0 aromatic heterocycles. The number of ether oxygens (including phenoxy) is 1. The molecule has 2 aliphatic heterocycles. The summed E-state index contributed by atoms with van der Waals surface area (Å²) >= 11 is 0. The summed E-state index contributed by atoms with van der Waals surface area (Å²) in [7, 11) is 2.32. The Kier molecular flexibility index (Phi) is 4.64. The van der Waals surface area contributed by atoms with Gasteiger partial charge in [-0.25, -0.2) is 8.42 Å². The van der Waals surface area contributed by atoms with Crippen molar-refractivity contribution in [3.63, 3.8) is 0 Å². The van der Waals surface area contributed by atoms with Crippen molar-refractivity contribution in [2.45, 2.75) is 34.6 Å². The van der Waals surface area contributed by atoms with Crippen LogP contribution in [0.4, 0.5) is 5.69 Å². The van der Waals surface area contributed by atoms with Gasteiger partial charge in [-0.2, -0.15) is 0 Å². The maximum absolute atomic E-state index is 13.1. The van der Waals surface area contributed by atoms with E-state index in [1.165, 1.54) is 11.3 Å². The molecule has 27 heavy (non-hydrogen) atoms. The Morgan fingerprint density at radius 2 is 1.63 bits per heavy atom. The minimum Gasteiger partial charge on any atom is -0.497 e. The van der Waals surface area contributed by atoms with Crippen LogP contribution >= 0.6 is 0 Å². The van der Waals surface area contributed by atoms with Gasteiger partial charge in [0.05, 0.1) is 16.9 Å². The third-order valence-electron chi connectivity index (χ3n) is 6.05. The standard InChI is InChI=1S/C21H26N2O3S/c1-22-12-10-18-19-14-17(8-9-20(19)23(2)21(18)11-13-22)27(24,25)16-6-4-15(26-3)5-7-16/h4-9,14,18,21H,10-13H2,1-3H3/t18-,21-/m0/s1. The SMILES string of the molecule is COc1ccc(S(=O)(=O)c2ccc3c(c2)[C@@H]2CCN(C)CC[C@@H]2N3C)cc1. The fourth-order valence-electron chi connectivity index (χ4n) is 4.43. The lowest BCUT2D eigenvalue weighted by molar-refractivity contribution is 0.345. The molecule has 2 aliphatic rings. The summed E-state index contributed by atoms with van der Waals surface area (Å²) in [4.78, 5) is 5.37. The number of nitrogens with zero attached hydrogens (tertiary/aromatic N) is 2. The van der Waals surface area contributed by atoms with Gasteiger partial charge >= 0.3 is 0 Å². The topological polar surface area (TPSA) is 49.9 Å². The zero-order valence-corrected chi connectivity index (χ0v) is 16.9. The van der Waals surface area contributed by atoms with E-state index in [9.17, 15) is 8.42 Å². The van der Waals surface area contributed by atoms with Crippen molar-refractivity contribution in [3.8, 4) is 5.75 Å². The van der Waals surface area contributed by atoms with Gasteiger partial charge in [0.15, 0.2) is 0 Å². The predicted octanol–water partition coefficient (Wildman–Crippen LogP) is 3.16. The number of rotatable bonds is 3. The highest BCUT2D eigenvalue weighted by Gasteiger charge is 2.38.